The maximum absolute atomic E-state index is 5.82. The molecule has 1 aromatic carbocycles. The Labute approximate surface area is 148 Å². The van der Waals surface area contributed by atoms with Gasteiger partial charge in [0.05, 0.1) is 20.8 Å². The summed E-state index contributed by atoms with van der Waals surface area (Å²) in [7, 11) is 3.25. The van der Waals surface area contributed by atoms with Crippen molar-refractivity contribution in [3.8, 4) is 17.2 Å². The van der Waals surface area contributed by atoms with Gasteiger partial charge in [-0.25, -0.2) is 9.97 Å². The predicted molar refractivity (Wildman–Crippen MR) is 96.9 cm³/mol. The maximum atomic E-state index is 5.82. The molecule has 0 unspecified atom stereocenters. The van der Waals surface area contributed by atoms with Gasteiger partial charge in [0.25, 0.3) is 0 Å². The summed E-state index contributed by atoms with van der Waals surface area (Å²) in [5.41, 5.74) is 2.46. The highest BCUT2D eigenvalue weighted by Crippen LogP contribution is 2.28. The van der Waals surface area contributed by atoms with Gasteiger partial charge in [0, 0.05) is 29.5 Å². The van der Waals surface area contributed by atoms with Crippen molar-refractivity contribution in [3.63, 3.8) is 0 Å². The van der Waals surface area contributed by atoms with E-state index >= 15 is 0 Å². The van der Waals surface area contributed by atoms with Crippen molar-refractivity contribution in [1.82, 2.24) is 9.97 Å². The Balaban J connectivity index is 1.60. The molecule has 0 amide bonds. The van der Waals surface area contributed by atoms with Crippen LogP contribution in [0.1, 0.15) is 29.9 Å². The van der Waals surface area contributed by atoms with Gasteiger partial charge in [-0.1, -0.05) is 0 Å². The van der Waals surface area contributed by atoms with Gasteiger partial charge in [-0.15, -0.1) is 0 Å². The van der Waals surface area contributed by atoms with Crippen molar-refractivity contribution in [2.24, 2.45) is 0 Å². The van der Waals surface area contributed by atoms with Gasteiger partial charge in [-0.2, -0.15) is 0 Å². The Morgan fingerprint density at radius 1 is 0.960 bits per heavy atom. The van der Waals surface area contributed by atoms with E-state index in [9.17, 15) is 0 Å². The second kappa shape index (κ2) is 8.05. The van der Waals surface area contributed by atoms with E-state index in [1.165, 1.54) is 24.1 Å². The number of benzene rings is 1. The lowest BCUT2D eigenvalue weighted by atomic mass is 9.96. The second-order valence-corrected chi connectivity index (χ2v) is 6.08. The zero-order valence-corrected chi connectivity index (χ0v) is 15.1. The molecule has 1 N–H and O–H groups in total. The van der Waals surface area contributed by atoms with E-state index in [0.29, 0.717) is 24.7 Å². The van der Waals surface area contributed by atoms with Crippen molar-refractivity contribution in [2.45, 2.75) is 32.6 Å². The van der Waals surface area contributed by atoms with Crippen LogP contribution < -0.4 is 19.5 Å². The summed E-state index contributed by atoms with van der Waals surface area (Å²) in [5.74, 6) is 3.92. The normalized spacial score (nSPS) is 13.1. The van der Waals surface area contributed by atoms with Gasteiger partial charge < -0.3 is 19.5 Å². The molecular weight excluding hydrogens is 318 g/mol. The first-order chi connectivity index (χ1) is 12.2. The van der Waals surface area contributed by atoms with Crippen molar-refractivity contribution in [2.75, 3.05) is 32.7 Å². The highest BCUT2D eigenvalue weighted by atomic mass is 16.5. The number of nitrogens with zero attached hydrogens (tertiary/aromatic N) is 2. The van der Waals surface area contributed by atoms with Crippen LogP contribution in [0.3, 0.4) is 0 Å². The first-order valence-corrected chi connectivity index (χ1v) is 8.65. The molecule has 3 rings (SSSR count). The number of rotatable bonds is 7. The summed E-state index contributed by atoms with van der Waals surface area (Å²) in [5, 5.41) is 3.40. The summed E-state index contributed by atoms with van der Waals surface area (Å²) in [6, 6.07) is 5.51. The zero-order chi connectivity index (χ0) is 17.6. The lowest BCUT2D eigenvalue weighted by molar-refractivity contribution is 0.324. The highest BCUT2D eigenvalue weighted by Gasteiger charge is 2.16. The summed E-state index contributed by atoms with van der Waals surface area (Å²) >= 11 is 0. The van der Waals surface area contributed by atoms with E-state index in [1.54, 1.807) is 14.2 Å². The molecule has 0 aliphatic heterocycles. The zero-order valence-electron chi connectivity index (χ0n) is 15.1. The predicted octanol–water partition coefficient (Wildman–Crippen LogP) is 3.17. The van der Waals surface area contributed by atoms with Crippen LogP contribution in [0.15, 0.2) is 18.2 Å². The molecule has 0 spiro atoms. The lowest BCUT2D eigenvalue weighted by Crippen LogP contribution is -2.17. The number of aromatic nitrogens is 2. The van der Waals surface area contributed by atoms with E-state index in [2.05, 4.69) is 15.3 Å². The van der Waals surface area contributed by atoms with Crippen molar-refractivity contribution < 1.29 is 14.2 Å². The molecule has 0 saturated heterocycles. The number of fused-ring (bicyclic) bond motifs is 1. The standard InChI is InChI=1S/C19H25N3O3/c1-13-21-18-7-5-4-6-17(18)19(22-13)20-8-9-25-16-11-14(23-2)10-15(12-16)24-3/h10-12H,4-9H2,1-3H3,(H,20,21,22). The molecule has 1 aliphatic carbocycles. The number of aryl methyl sites for hydroxylation is 2. The van der Waals surface area contributed by atoms with Crippen LogP contribution in [-0.4, -0.2) is 37.3 Å². The van der Waals surface area contributed by atoms with Crippen LogP contribution in [-0.2, 0) is 12.8 Å². The average Bonchev–Trinajstić information content (AvgIpc) is 2.64. The number of ether oxygens (including phenoxy) is 3. The molecule has 1 aliphatic rings. The highest BCUT2D eigenvalue weighted by molar-refractivity contribution is 5.48. The van der Waals surface area contributed by atoms with Crippen molar-refractivity contribution >= 4 is 5.82 Å². The van der Waals surface area contributed by atoms with Gasteiger partial charge in [0.2, 0.25) is 0 Å². The van der Waals surface area contributed by atoms with E-state index in [-0.39, 0.29) is 0 Å². The molecule has 0 radical (unpaired) electrons. The largest absolute Gasteiger partial charge is 0.496 e. The Hall–Kier alpha value is -2.50. The Kier molecular flexibility index (Phi) is 5.58. The fourth-order valence-electron chi connectivity index (χ4n) is 3.07. The van der Waals surface area contributed by atoms with Crippen LogP contribution in [0, 0.1) is 6.92 Å². The van der Waals surface area contributed by atoms with Crippen LogP contribution in [0.4, 0.5) is 5.82 Å². The third-order valence-electron chi connectivity index (χ3n) is 4.28. The summed E-state index contributed by atoms with van der Waals surface area (Å²) in [6.07, 6.45) is 4.51. The molecule has 1 aromatic heterocycles. The minimum absolute atomic E-state index is 0.522. The topological polar surface area (TPSA) is 65.5 Å². The van der Waals surface area contributed by atoms with E-state index in [4.69, 9.17) is 14.2 Å². The first kappa shape index (κ1) is 17.3. The smallest absolute Gasteiger partial charge is 0.133 e. The quantitative estimate of drug-likeness (QED) is 0.779. The van der Waals surface area contributed by atoms with Crippen LogP contribution in [0.25, 0.3) is 0 Å². The second-order valence-electron chi connectivity index (χ2n) is 6.08. The lowest BCUT2D eigenvalue weighted by Gasteiger charge is -2.19. The maximum Gasteiger partial charge on any atom is 0.133 e. The SMILES string of the molecule is COc1cc(OC)cc(OCCNc2nc(C)nc3c2CCCC3)c1. The molecule has 6 heteroatoms. The fourth-order valence-corrected chi connectivity index (χ4v) is 3.07. The third-order valence-corrected chi connectivity index (χ3v) is 4.28. The van der Waals surface area contributed by atoms with Gasteiger partial charge in [0.15, 0.2) is 0 Å². The van der Waals surface area contributed by atoms with Crippen LogP contribution >= 0.6 is 0 Å². The van der Waals surface area contributed by atoms with Crippen molar-refractivity contribution in [3.05, 3.63) is 35.3 Å². The minimum Gasteiger partial charge on any atom is -0.496 e. The molecule has 2 aromatic rings. The molecular formula is C19H25N3O3. The number of hydrogen-bond donors (Lipinski definition) is 1. The monoisotopic (exact) mass is 343 g/mol. The molecule has 1 heterocycles. The molecule has 0 bridgehead atoms. The minimum atomic E-state index is 0.522. The van der Waals surface area contributed by atoms with Crippen LogP contribution in [0.5, 0.6) is 17.2 Å². The summed E-state index contributed by atoms with van der Waals surface area (Å²) < 4.78 is 16.3. The summed E-state index contributed by atoms with van der Waals surface area (Å²) in [6.45, 7) is 3.13. The molecule has 25 heavy (non-hydrogen) atoms. The van der Waals surface area contributed by atoms with Gasteiger partial charge in [0.1, 0.15) is 35.5 Å². The molecule has 134 valence electrons. The fraction of sp³-hybridized carbons (Fsp3) is 0.474. The molecule has 0 atom stereocenters. The van der Waals surface area contributed by atoms with Crippen molar-refractivity contribution in [1.29, 1.82) is 0 Å². The Morgan fingerprint density at radius 2 is 1.64 bits per heavy atom. The summed E-state index contributed by atoms with van der Waals surface area (Å²) in [4.78, 5) is 9.15. The van der Waals surface area contributed by atoms with Gasteiger partial charge >= 0.3 is 0 Å². The van der Waals surface area contributed by atoms with Gasteiger partial charge in [-0.3, -0.25) is 0 Å². The van der Waals surface area contributed by atoms with Gasteiger partial charge in [-0.05, 0) is 32.6 Å². The first-order valence-electron chi connectivity index (χ1n) is 8.65. The van der Waals surface area contributed by atoms with Crippen LogP contribution in [0.2, 0.25) is 0 Å². The number of methoxy groups -OCH3 is 2. The number of hydrogen-bond acceptors (Lipinski definition) is 6. The Morgan fingerprint density at radius 3 is 2.36 bits per heavy atom. The molecule has 0 saturated carbocycles. The number of nitrogens with one attached hydrogen (secondary N) is 1. The Bertz CT molecular complexity index is 712. The third kappa shape index (κ3) is 4.32. The number of anilines is 1. The molecule has 0 fully saturated rings. The van der Waals surface area contributed by atoms with E-state index in [1.807, 2.05) is 25.1 Å². The molecule has 6 nitrogen and oxygen atoms in total. The van der Waals surface area contributed by atoms with E-state index < -0.39 is 0 Å². The average molecular weight is 343 g/mol. The van der Waals surface area contributed by atoms with E-state index in [0.717, 1.165) is 30.2 Å².